The van der Waals surface area contributed by atoms with Gasteiger partial charge >= 0.3 is 0 Å². The summed E-state index contributed by atoms with van der Waals surface area (Å²) in [5.74, 6) is 0. The zero-order valence-corrected chi connectivity index (χ0v) is 10.2. The number of hydrogen-bond donors (Lipinski definition) is 0. The summed E-state index contributed by atoms with van der Waals surface area (Å²) in [7, 11) is 1.78. The van der Waals surface area contributed by atoms with Crippen molar-refractivity contribution in [1.82, 2.24) is 0 Å². The van der Waals surface area contributed by atoms with Gasteiger partial charge in [-0.1, -0.05) is 42.9 Å². The Morgan fingerprint density at radius 3 is 2.07 bits per heavy atom. The van der Waals surface area contributed by atoms with Crippen LogP contribution >= 0.6 is 0 Å². The summed E-state index contributed by atoms with van der Waals surface area (Å²) in [4.78, 5) is 3.73. The van der Waals surface area contributed by atoms with Crippen molar-refractivity contribution in [2.45, 2.75) is 34.1 Å². The van der Waals surface area contributed by atoms with E-state index in [1.165, 1.54) is 11.1 Å². The smallest absolute Gasteiger partial charge is 0.0273 e. The van der Waals surface area contributed by atoms with E-state index in [1.54, 1.807) is 13.1 Å². The third-order valence-electron chi connectivity index (χ3n) is 1.64. The van der Waals surface area contributed by atoms with E-state index in [9.17, 15) is 0 Å². The Morgan fingerprint density at radius 1 is 1.29 bits per heavy atom. The maximum Gasteiger partial charge on any atom is 0.0273 e. The Balaban J connectivity index is 0. The van der Waals surface area contributed by atoms with E-state index in [1.807, 2.05) is 12.3 Å². The Kier molecular flexibility index (Phi) is 13.1. The van der Waals surface area contributed by atoms with Gasteiger partial charge < -0.3 is 4.99 Å². The van der Waals surface area contributed by atoms with Crippen LogP contribution in [0, 0.1) is 0 Å². The fourth-order valence-corrected chi connectivity index (χ4v) is 0.562. The maximum atomic E-state index is 3.73. The largest absolute Gasteiger partial charge is 0.301 e. The molecular formula is C13H23N. The first-order chi connectivity index (χ1) is 6.59. The lowest BCUT2D eigenvalue weighted by Crippen LogP contribution is -1.71. The lowest BCUT2D eigenvalue weighted by molar-refractivity contribution is 1.29. The molecule has 0 unspecified atom stereocenters. The first-order valence-corrected chi connectivity index (χ1v) is 4.93. The van der Waals surface area contributed by atoms with Crippen molar-refractivity contribution >= 4 is 6.21 Å². The van der Waals surface area contributed by atoms with Crippen LogP contribution in [0.2, 0.25) is 0 Å². The van der Waals surface area contributed by atoms with Gasteiger partial charge in [-0.25, -0.2) is 0 Å². The van der Waals surface area contributed by atoms with Gasteiger partial charge in [-0.3, -0.25) is 0 Å². The van der Waals surface area contributed by atoms with Crippen molar-refractivity contribution in [3.63, 3.8) is 0 Å². The molecule has 0 saturated carbocycles. The van der Waals surface area contributed by atoms with Gasteiger partial charge in [-0.2, -0.15) is 0 Å². The molecule has 1 nitrogen and oxygen atoms in total. The van der Waals surface area contributed by atoms with Crippen molar-refractivity contribution in [1.29, 1.82) is 0 Å². The predicted octanol–water partition coefficient (Wildman–Crippen LogP) is 4.18. The Hall–Kier alpha value is -1.11. The third kappa shape index (κ3) is 13.5. The predicted molar refractivity (Wildman–Crippen MR) is 68.1 cm³/mol. The quantitative estimate of drug-likeness (QED) is 0.471. The van der Waals surface area contributed by atoms with Crippen LogP contribution in [0.25, 0.3) is 0 Å². The van der Waals surface area contributed by atoms with Gasteiger partial charge in [0.2, 0.25) is 0 Å². The summed E-state index contributed by atoms with van der Waals surface area (Å²) in [6, 6.07) is 0. The van der Waals surface area contributed by atoms with Gasteiger partial charge in [0, 0.05) is 7.05 Å². The van der Waals surface area contributed by atoms with E-state index in [-0.39, 0.29) is 0 Å². The van der Waals surface area contributed by atoms with Crippen LogP contribution in [0.15, 0.2) is 40.9 Å². The Morgan fingerprint density at radius 2 is 1.86 bits per heavy atom. The maximum absolute atomic E-state index is 3.73. The highest BCUT2D eigenvalue weighted by atomic mass is 14.6. The van der Waals surface area contributed by atoms with Gasteiger partial charge in [0.05, 0.1) is 0 Å². The zero-order valence-electron chi connectivity index (χ0n) is 10.2. The standard InChI is InChI=1S/C9H14.C4H9N/c1-5-6-7-9(4)8(2)3;1-3-4-5-2/h5-7H,1H2,2-4H3;4H,3H2,1-2H3/b7-6-;. The minimum atomic E-state index is 1.05. The second-order valence-electron chi connectivity index (χ2n) is 3.13. The molecule has 1 heteroatoms. The van der Waals surface area contributed by atoms with Crippen LogP contribution in [0.3, 0.4) is 0 Å². The van der Waals surface area contributed by atoms with Crippen LogP contribution in [-0.4, -0.2) is 13.3 Å². The summed E-state index contributed by atoms with van der Waals surface area (Å²) in [6.45, 7) is 11.9. The van der Waals surface area contributed by atoms with E-state index in [2.05, 4.69) is 45.3 Å². The lowest BCUT2D eigenvalue weighted by Gasteiger charge is -1.92. The molecule has 0 heterocycles. The van der Waals surface area contributed by atoms with Crippen molar-refractivity contribution in [2.75, 3.05) is 7.05 Å². The average Bonchev–Trinajstić information content (AvgIpc) is 2.16. The monoisotopic (exact) mass is 193 g/mol. The number of rotatable bonds is 3. The second kappa shape index (κ2) is 11.9. The summed E-state index contributed by atoms with van der Waals surface area (Å²) in [6.07, 6.45) is 8.72. The third-order valence-corrected chi connectivity index (χ3v) is 1.64. The lowest BCUT2D eigenvalue weighted by atomic mass is 10.2. The summed E-state index contributed by atoms with van der Waals surface area (Å²) in [5, 5.41) is 0. The first-order valence-electron chi connectivity index (χ1n) is 4.93. The molecule has 0 aliphatic rings. The molecule has 0 rings (SSSR count). The highest BCUT2D eigenvalue weighted by Crippen LogP contribution is 2.02. The van der Waals surface area contributed by atoms with Crippen molar-refractivity contribution in [3.05, 3.63) is 36.0 Å². The summed E-state index contributed by atoms with van der Waals surface area (Å²) in [5.41, 5.74) is 2.67. The van der Waals surface area contributed by atoms with Crippen molar-refractivity contribution < 1.29 is 0 Å². The molecule has 0 aliphatic heterocycles. The second-order valence-corrected chi connectivity index (χ2v) is 3.13. The zero-order chi connectivity index (χ0) is 11.4. The van der Waals surface area contributed by atoms with E-state index < -0.39 is 0 Å². The molecule has 0 N–H and O–H groups in total. The van der Waals surface area contributed by atoms with Crippen LogP contribution in [0.1, 0.15) is 34.1 Å². The molecular weight excluding hydrogens is 170 g/mol. The first kappa shape index (κ1) is 15.4. The number of aliphatic imine (C=N–C) groups is 1. The molecule has 0 atom stereocenters. The van der Waals surface area contributed by atoms with Gasteiger partial charge in [0.25, 0.3) is 0 Å². The molecule has 14 heavy (non-hydrogen) atoms. The minimum absolute atomic E-state index is 1.05. The van der Waals surface area contributed by atoms with Crippen LogP contribution in [0.5, 0.6) is 0 Å². The molecule has 0 saturated heterocycles. The number of nitrogens with zero attached hydrogens (tertiary/aromatic N) is 1. The number of allylic oxidation sites excluding steroid dienone is 5. The van der Waals surface area contributed by atoms with Gasteiger partial charge in [0.15, 0.2) is 0 Å². The van der Waals surface area contributed by atoms with Crippen molar-refractivity contribution in [2.24, 2.45) is 4.99 Å². The summed E-state index contributed by atoms with van der Waals surface area (Å²) < 4.78 is 0. The van der Waals surface area contributed by atoms with Crippen LogP contribution < -0.4 is 0 Å². The average molecular weight is 193 g/mol. The van der Waals surface area contributed by atoms with Crippen LogP contribution in [-0.2, 0) is 0 Å². The SMILES string of the molecule is C=C/C=C\C(C)=C(C)C.CCC=NC. The molecule has 80 valence electrons. The van der Waals surface area contributed by atoms with Gasteiger partial charge in [0.1, 0.15) is 0 Å². The highest BCUT2D eigenvalue weighted by Gasteiger charge is 1.81. The normalized spacial score (nSPS) is 9.79. The molecule has 0 bridgehead atoms. The molecule has 0 spiro atoms. The number of hydrogen-bond acceptors (Lipinski definition) is 1. The molecule has 0 fully saturated rings. The van der Waals surface area contributed by atoms with E-state index in [0.29, 0.717) is 0 Å². The van der Waals surface area contributed by atoms with E-state index in [0.717, 1.165) is 6.42 Å². The van der Waals surface area contributed by atoms with Crippen LogP contribution in [0.4, 0.5) is 0 Å². The highest BCUT2D eigenvalue weighted by molar-refractivity contribution is 5.56. The molecule has 0 radical (unpaired) electrons. The molecule has 0 aromatic heterocycles. The fraction of sp³-hybridized carbons (Fsp3) is 0.462. The van der Waals surface area contributed by atoms with Crippen molar-refractivity contribution in [3.8, 4) is 0 Å². The topological polar surface area (TPSA) is 12.4 Å². The minimum Gasteiger partial charge on any atom is -0.301 e. The Labute approximate surface area is 89.0 Å². The molecule has 0 amide bonds. The van der Waals surface area contributed by atoms with E-state index >= 15 is 0 Å². The van der Waals surface area contributed by atoms with Gasteiger partial charge in [-0.15, -0.1) is 0 Å². The molecule has 0 aromatic carbocycles. The van der Waals surface area contributed by atoms with E-state index in [4.69, 9.17) is 0 Å². The fourth-order valence-electron chi connectivity index (χ4n) is 0.562. The molecule has 0 aromatic rings. The van der Waals surface area contributed by atoms with Gasteiger partial charge in [-0.05, 0) is 33.4 Å². The summed E-state index contributed by atoms with van der Waals surface area (Å²) >= 11 is 0. The Bertz CT molecular complexity index is 215. The molecule has 0 aliphatic carbocycles.